The second kappa shape index (κ2) is 140. The second-order valence-corrected chi connectivity index (χ2v) is 0. The van der Waals surface area contributed by atoms with Crippen LogP contribution in [-0.4, -0.2) is 0 Å². The van der Waals surface area contributed by atoms with Gasteiger partial charge in [-0.15, -0.1) is 0 Å². The van der Waals surface area contributed by atoms with Crippen molar-refractivity contribution in [2.45, 2.75) is 0 Å². The van der Waals surface area contributed by atoms with Crippen molar-refractivity contribution in [3.63, 3.8) is 0 Å². The fourth-order valence-corrected chi connectivity index (χ4v) is 0. The summed E-state index contributed by atoms with van der Waals surface area (Å²) in [6.45, 7) is 0. The molecule has 41 valence electrons. The maximum Gasteiger partial charge on any atom is 6.00 e. The van der Waals surface area contributed by atoms with Crippen LogP contribution >= 0.6 is 0 Å². The Morgan fingerprint density at radius 1 is 0.500 bits per heavy atom. The van der Waals surface area contributed by atoms with E-state index in [0.29, 0.717) is 0 Å². The van der Waals surface area contributed by atoms with Gasteiger partial charge in [-0.2, -0.15) is 0 Å². The van der Waals surface area contributed by atoms with E-state index in [1.165, 1.54) is 0 Å². The van der Waals surface area contributed by atoms with E-state index in [0.717, 1.165) is 0 Å². The monoisotopic (exact) mass is 311 g/mol. The van der Waals surface area contributed by atoms with Gasteiger partial charge in [0.05, 0.1) is 0 Å². The van der Waals surface area contributed by atoms with Gasteiger partial charge in [0.1, 0.15) is 0 Å². The average molecular weight is 311 g/mol. The van der Waals surface area contributed by atoms with Gasteiger partial charge in [-0.3, -0.25) is 0 Å². The molecule has 0 atom stereocenters. The molecular weight excluding hydrogens is 311 g/mol. The number of hydrogen-bond donors (Lipinski definition) is 0. The molecule has 1 radical (unpaired) electrons. The molecule has 6 heteroatoms. The topological polar surface area (TPSA) is 114 Å². The molecule has 0 rings (SSSR count). The normalized spacial score (nSPS) is 0. The quantitative estimate of drug-likeness (QED) is 0.538. The van der Waals surface area contributed by atoms with Crippen molar-refractivity contribution in [2.75, 3.05) is 0 Å². The summed E-state index contributed by atoms with van der Waals surface area (Å²) >= 11 is 0. The fourth-order valence-electron chi connectivity index (χ4n) is 0. The van der Waals surface area contributed by atoms with Crippen LogP contribution in [0.4, 0.5) is 0 Å². The largest absolute Gasteiger partial charge is 6.00 e. The summed E-state index contributed by atoms with van der Waals surface area (Å²) in [6.07, 6.45) is 0. The smallest absolute Gasteiger partial charge is 2.00 e. The van der Waals surface area contributed by atoms with Crippen molar-refractivity contribution in [3.8, 4) is 0 Å². The van der Waals surface area contributed by atoms with E-state index in [2.05, 4.69) is 0 Å². The van der Waals surface area contributed by atoms with Crippen molar-refractivity contribution in [3.05, 3.63) is 0 Å². The summed E-state index contributed by atoms with van der Waals surface area (Å²) in [5.74, 6) is 0. The SMILES string of the molecule is [Cu+2].[O-2].[O-2].[O-2].[O-2].[W+6]. The van der Waals surface area contributed by atoms with E-state index < -0.39 is 0 Å². The summed E-state index contributed by atoms with van der Waals surface area (Å²) in [7, 11) is 0. The van der Waals surface area contributed by atoms with E-state index in [1.54, 1.807) is 0 Å². The van der Waals surface area contributed by atoms with Crippen molar-refractivity contribution >= 4 is 0 Å². The van der Waals surface area contributed by atoms with Crippen LogP contribution in [0, 0.1) is 0 Å². The predicted octanol–water partition coefficient (Wildman–Crippen LogP) is -0.480. The average Bonchev–Trinajstić information content (AvgIpc) is 0. The molecule has 0 bridgehead atoms. The molecule has 0 aliphatic rings. The third-order valence-corrected chi connectivity index (χ3v) is 0. The maximum absolute atomic E-state index is 0. The Hall–Kier alpha value is 1.05. The van der Waals surface area contributed by atoms with Crippen molar-refractivity contribution < 1.29 is 60.0 Å². The molecule has 0 saturated heterocycles. The molecule has 0 unspecified atom stereocenters. The summed E-state index contributed by atoms with van der Waals surface area (Å²) < 4.78 is 0. The molecular formula is CuO4W. The maximum atomic E-state index is 0. The molecule has 4 nitrogen and oxygen atoms in total. The van der Waals surface area contributed by atoms with Crippen molar-refractivity contribution in [1.82, 2.24) is 0 Å². The third-order valence-electron chi connectivity index (χ3n) is 0. The first-order chi connectivity index (χ1) is 0. The van der Waals surface area contributed by atoms with Crippen LogP contribution < -0.4 is 0 Å². The molecule has 0 aromatic heterocycles. The van der Waals surface area contributed by atoms with Gasteiger partial charge in [0, 0.05) is 0 Å². The van der Waals surface area contributed by atoms with Gasteiger partial charge >= 0.3 is 38.1 Å². The van der Waals surface area contributed by atoms with Crippen LogP contribution in [-0.2, 0) is 60.0 Å². The molecule has 0 aromatic carbocycles. The fraction of sp³-hybridized carbons (Fsp3) is 0. The van der Waals surface area contributed by atoms with E-state index >= 15 is 0 Å². The van der Waals surface area contributed by atoms with Gasteiger partial charge in [-0.1, -0.05) is 0 Å². The summed E-state index contributed by atoms with van der Waals surface area (Å²) in [4.78, 5) is 0. The van der Waals surface area contributed by atoms with Gasteiger partial charge in [0.25, 0.3) is 0 Å². The standard InChI is InChI=1S/Cu.4O.W/q+2;4*-2;+6. The zero-order chi connectivity index (χ0) is 0. The zero-order valence-corrected chi connectivity index (χ0v) is 6.22. The minimum Gasteiger partial charge on any atom is -2.00 e. The van der Waals surface area contributed by atoms with Crippen LogP contribution in [0.5, 0.6) is 0 Å². The first-order valence-corrected chi connectivity index (χ1v) is 0. The molecule has 0 heterocycles. The van der Waals surface area contributed by atoms with Crippen LogP contribution in [0.1, 0.15) is 0 Å². The Morgan fingerprint density at radius 3 is 0.500 bits per heavy atom. The van der Waals surface area contributed by atoms with Gasteiger partial charge < -0.3 is 21.9 Å². The van der Waals surface area contributed by atoms with Crippen molar-refractivity contribution in [2.24, 2.45) is 0 Å². The van der Waals surface area contributed by atoms with E-state index in [4.69, 9.17) is 0 Å². The van der Waals surface area contributed by atoms with E-state index in [9.17, 15) is 0 Å². The van der Waals surface area contributed by atoms with Crippen LogP contribution in [0.2, 0.25) is 0 Å². The molecule has 0 aromatic rings. The minimum atomic E-state index is 0. The predicted molar refractivity (Wildman–Crippen MR) is 2.75 cm³/mol. The minimum absolute atomic E-state index is 0. The molecule has 0 saturated carbocycles. The Balaban J connectivity index is 0. The Kier molecular flexibility index (Phi) is 5490. The summed E-state index contributed by atoms with van der Waals surface area (Å²) in [5, 5.41) is 0. The van der Waals surface area contributed by atoms with Gasteiger partial charge in [0.15, 0.2) is 0 Å². The Morgan fingerprint density at radius 2 is 0.500 bits per heavy atom. The van der Waals surface area contributed by atoms with Crippen LogP contribution in [0.3, 0.4) is 0 Å². The van der Waals surface area contributed by atoms with E-state index in [-0.39, 0.29) is 60.0 Å². The van der Waals surface area contributed by atoms with Crippen molar-refractivity contribution in [1.29, 1.82) is 0 Å². The molecule has 0 N–H and O–H groups in total. The van der Waals surface area contributed by atoms with Gasteiger partial charge in [0.2, 0.25) is 0 Å². The number of hydrogen-bond acceptors (Lipinski definition) is 0. The summed E-state index contributed by atoms with van der Waals surface area (Å²) in [5.41, 5.74) is 0. The molecule has 0 spiro atoms. The first-order valence-electron chi connectivity index (χ1n) is 0. The van der Waals surface area contributed by atoms with Gasteiger partial charge in [-0.25, -0.2) is 0 Å². The zero-order valence-electron chi connectivity index (χ0n) is 2.34. The molecule has 0 amide bonds. The number of rotatable bonds is 0. The van der Waals surface area contributed by atoms with Crippen LogP contribution in [0.25, 0.3) is 0 Å². The summed E-state index contributed by atoms with van der Waals surface area (Å²) in [6, 6.07) is 0. The molecule has 0 aliphatic carbocycles. The van der Waals surface area contributed by atoms with Crippen LogP contribution in [0.15, 0.2) is 0 Å². The van der Waals surface area contributed by atoms with Gasteiger partial charge in [-0.05, 0) is 0 Å². The Bertz CT molecular complexity index is 7.51. The molecule has 0 fully saturated rings. The van der Waals surface area contributed by atoms with E-state index in [1.807, 2.05) is 0 Å². The third kappa shape index (κ3) is 75.3. The molecule has 0 aliphatic heterocycles. The molecule has 6 heavy (non-hydrogen) atoms. The second-order valence-electron chi connectivity index (χ2n) is 0. The first kappa shape index (κ1) is 235. The Labute approximate surface area is 60.3 Å².